The number of halogens is 2. The number of amides is 1. The van der Waals surface area contributed by atoms with E-state index in [0.29, 0.717) is 42.8 Å². The number of alkyl halides is 1. The number of pyridine rings is 1. The molecule has 1 aliphatic heterocycles. The van der Waals surface area contributed by atoms with E-state index in [9.17, 15) is 4.79 Å². The van der Waals surface area contributed by atoms with Gasteiger partial charge in [-0.1, -0.05) is 16.6 Å². The van der Waals surface area contributed by atoms with E-state index in [2.05, 4.69) is 14.9 Å². The van der Waals surface area contributed by atoms with Crippen LogP contribution in [0.25, 0.3) is 0 Å². The van der Waals surface area contributed by atoms with E-state index in [0.717, 1.165) is 0 Å². The normalized spacial score (nSPS) is 15.3. The molecule has 1 saturated heterocycles. The van der Waals surface area contributed by atoms with E-state index in [1.165, 1.54) is 6.20 Å². The molecule has 7 nitrogen and oxygen atoms in total. The summed E-state index contributed by atoms with van der Waals surface area (Å²) in [6, 6.07) is 1.56. The highest BCUT2D eigenvalue weighted by Crippen LogP contribution is 2.27. The van der Waals surface area contributed by atoms with Gasteiger partial charge in [-0.05, 0) is 0 Å². The summed E-state index contributed by atoms with van der Waals surface area (Å²) in [5.74, 6) is 5.69. The maximum atomic E-state index is 11.5. The lowest BCUT2D eigenvalue weighted by Crippen LogP contribution is -2.49. The van der Waals surface area contributed by atoms with Crippen LogP contribution in [0.3, 0.4) is 0 Å². The number of nitrogens with zero attached hydrogens (tertiary/aromatic N) is 3. The quantitative estimate of drug-likeness (QED) is 0.502. The molecule has 0 aromatic carbocycles. The number of rotatable bonds is 4. The SMILES string of the molecule is NOOc1cnc(N2CCN(C(=O)CCl)CC2)c(Cl)c1. The van der Waals surface area contributed by atoms with Crippen molar-refractivity contribution in [2.24, 2.45) is 5.90 Å². The first-order valence-electron chi connectivity index (χ1n) is 5.93. The fraction of sp³-hybridized carbons (Fsp3) is 0.455. The largest absolute Gasteiger partial charge is 0.352 e. The lowest BCUT2D eigenvalue weighted by atomic mass is 10.3. The second-order valence-corrected chi connectivity index (χ2v) is 4.83. The second-order valence-electron chi connectivity index (χ2n) is 4.16. The molecular weight excluding hydrogens is 307 g/mol. The molecule has 0 radical (unpaired) electrons. The summed E-state index contributed by atoms with van der Waals surface area (Å²) in [4.78, 5) is 28.1. The van der Waals surface area contributed by atoms with Crippen LogP contribution in [0.4, 0.5) is 5.82 Å². The van der Waals surface area contributed by atoms with Gasteiger partial charge in [-0.25, -0.2) is 4.98 Å². The van der Waals surface area contributed by atoms with Crippen LogP contribution in [-0.4, -0.2) is 47.9 Å². The minimum atomic E-state index is -0.0609. The highest BCUT2D eigenvalue weighted by atomic mass is 35.5. The van der Waals surface area contributed by atoms with Gasteiger partial charge in [0.1, 0.15) is 11.7 Å². The minimum absolute atomic E-state index is 0.00410. The van der Waals surface area contributed by atoms with Crippen LogP contribution in [0.15, 0.2) is 12.3 Å². The van der Waals surface area contributed by atoms with Gasteiger partial charge in [0.15, 0.2) is 5.75 Å². The van der Waals surface area contributed by atoms with Crippen molar-refractivity contribution in [2.45, 2.75) is 0 Å². The zero-order chi connectivity index (χ0) is 14.5. The van der Waals surface area contributed by atoms with Crippen molar-refractivity contribution in [2.75, 3.05) is 37.0 Å². The van der Waals surface area contributed by atoms with E-state index < -0.39 is 0 Å². The number of hydrogen-bond acceptors (Lipinski definition) is 6. The van der Waals surface area contributed by atoms with E-state index in [1.807, 2.05) is 4.90 Å². The van der Waals surface area contributed by atoms with Gasteiger partial charge in [0.05, 0.1) is 11.2 Å². The van der Waals surface area contributed by atoms with E-state index in [-0.39, 0.29) is 11.8 Å². The fourth-order valence-corrected chi connectivity index (χ4v) is 2.44. The molecule has 2 rings (SSSR count). The van der Waals surface area contributed by atoms with Gasteiger partial charge in [-0.2, -0.15) is 5.90 Å². The average molecular weight is 321 g/mol. The van der Waals surface area contributed by atoms with Crippen molar-refractivity contribution in [3.8, 4) is 5.75 Å². The Morgan fingerprint density at radius 3 is 2.65 bits per heavy atom. The molecule has 1 amide bonds. The van der Waals surface area contributed by atoms with Gasteiger partial charge in [-0.15, -0.1) is 11.6 Å². The van der Waals surface area contributed by atoms with Crippen molar-refractivity contribution in [1.82, 2.24) is 9.88 Å². The molecule has 0 spiro atoms. The highest BCUT2D eigenvalue weighted by molar-refractivity contribution is 6.33. The van der Waals surface area contributed by atoms with Crippen LogP contribution >= 0.6 is 23.2 Å². The van der Waals surface area contributed by atoms with Gasteiger partial charge in [-0.3, -0.25) is 4.79 Å². The Bertz CT molecular complexity index is 481. The summed E-state index contributed by atoms with van der Waals surface area (Å²) in [6.45, 7) is 2.47. The van der Waals surface area contributed by atoms with Crippen molar-refractivity contribution in [3.63, 3.8) is 0 Å². The van der Waals surface area contributed by atoms with Crippen LogP contribution in [0, 0.1) is 0 Å². The van der Waals surface area contributed by atoms with Gasteiger partial charge < -0.3 is 14.7 Å². The fourth-order valence-electron chi connectivity index (χ4n) is 2.00. The molecule has 1 aromatic rings. The third-order valence-corrected chi connectivity index (χ3v) is 3.49. The maximum Gasteiger partial charge on any atom is 0.237 e. The van der Waals surface area contributed by atoms with Crippen molar-refractivity contribution in [3.05, 3.63) is 17.3 Å². The van der Waals surface area contributed by atoms with E-state index >= 15 is 0 Å². The summed E-state index contributed by atoms with van der Waals surface area (Å²) in [6.07, 6.45) is 1.46. The molecule has 1 aromatic heterocycles. The Balaban J connectivity index is 2.01. The topological polar surface area (TPSA) is 80.9 Å². The number of carbonyl (C=O) groups is 1. The number of piperazine rings is 1. The van der Waals surface area contributed by atoms with Crippen LogP contribution < -0.4 is 15.7 Å². The van der Waals surface area contributed by atoms with Crippen LogP contribution in [0.5, 0.6) is 5.75 Å². The molecule has 0 aliphatic carbocycles. The lowest BCUT2D eigenvalue weighted by Gasteiger charge is -2.35. The Morgan fingerprint density at radius 2 is 2.10 bits per heavy atom. The molecule has 110 valence electrons. The van der Waals surface area contributed by atoms with Crippen LogP contribution in [0.1, 0.15) is 0 Å². The number of anilines is 1. The van der Waals surface area contributed by atoms with Crippen LogP contribution in [0.2, 0.25) is 5.02 Å². The molecule has 0 unspecified atom stereocenters. The van der Waals surface area contributed by atoms with Gasteiger partial charge in [0.2, 0.25) is 5.91 Å². The first kappa shape index (κ1) is 15.1. The predicted molar refractivity (Wildman–Crippen MR) is 74.7 cm³/mol. The summed E-state index contributed by atoms with van der Waals surface area (Å²) >= 11 is 11.7. The summed E-state index contributed by atoms with van der Waals surface area (Å²) in [5.41, 5.74) is 0. The predicted octanol–water partition coefficient (Wildman–Crippen LogP) is 0.806. The summed E-state index contributed by atoms with van der Waals surface area (Å²) < 4.78 is 0. The average Bonchev–Trinajstić information content (AvgIpc) is 2.47. The van der Waals surface area contributed by atoms with Crippen molar-refractivity contribution in [1.29, 1.82) is 0 Å². The molecule has 0 saturated carbocycles. The monoisotopic (exact) mass is 320 g/mol. The Hall–Kier alpha value is -1.28. The maximum absolute atomic E-state index is 11.5. The molecule has 1 aliphatic rings. The Morgan fingerprint density at radius 1 is 1.40 bits per heavy atom. The molecule has 20 heavy (non-hydrogen) atoms. The molecular formula is C11H14Cl2N4O3. The van der Waals surface area contributed by atoms with Gasteiger partial charge >= 0.3 is 0 Å². The standard InChI is InChI=1S/C11H14Cl2N4O3/c12-6-10(18)16-1-3-17(4-2-16)11-9(13)5-8(7-15-11)19-20-14/h5,7H,1-4,6,14H2. The first-order chi connectivity index (χ1) is 9.65. The molecule has 2 heterocycles. The molecule has 2 N–H and O–H groups in total. The summed E-state index contributed by atoms with van der Waals surface area (Å²) in [7, 11) is 0. The molecule has 9 heteroatoms. The zero-order valence-electron chi connectivity index (χ0n) is 10.6. The smallest absolute Gasteiger partial charge is 0.237 e. The van der Waals surface area contributed by atoms with Gasteiger partial charge in [0, 0.05) is 32.2 Å². The lowest BCUT2D eigenvalue weighted by molar-refractivity contribution is -0.211. The number of carbonyl (C=O) groups excluding carboxylic acids is 1. The molecule has 1 fully saturated rings. The van der Waals surface area contributed by atoms with E-state index in [4.69, 9.17) is 29.1 Å². The van der Waals surface area contributed by atoms with Crippen LogP contribution in [-0.2, 0) is 9.78 Å². The zero-order valence-corrected chi connectivity index (χ0v) is 12.1. The Labute approximate surface area is 126 Å². The molecule has 0 bridgehead atoms. The van der Waals surface area contributed by atoms with Crippen molar-refractivity contribution >= 4 is 34.9 Å². The minimum Gasteiger partial charge on any atom is -0.352 e. The third kappa shape index (κ3) is 3.43. The van der Waals surface area contributed by atoms with Gasteiger partial charge in [0.25, 0.3) is 0 Å². The highest BCUT2D eigenvalue weighted by Gasteiger charge is 2.22. The number of aromatic nitrogens is 1. The Kier molecular flexibility index (Phi) is 5.24. The number of nitrogens with two attached hydrogens (primary N) is 1. The third-order valence-electron chi connectivity index (χ3n) is 2.99. The molecule has 0 atom stereocenters. The first-order valence-corrected chi connectivity index (χ1v) is 6.84. The summed E-state index contributed by atoms with van der Waals surface area (Å²) in [5, 5.41) is 0.427. The van der Waals surface area contributed by atoms with E-state index in [1.54, 1.807) is 11.0 Å². The second kappa shape index (κ2) is 6.94. The van der Waals surface area contributed by atoms with Crippen molar-refractivity contribution < 1.29 is 14.7 Å². The number of hydrogen-bond donors (Lipinski definition) is 1.